The zero-order valence-electron chi connectivity index (χ0n) is 14.2. The highest BCUT2D eigenvalue weighted by atomic mass is 16.1. The fourth-order valence-electron chi connectivity index (χ4n) is 2.63. The summed E-state index contributed by atoms with van der Waals surface area (Å²) in [6, 6.07) is 3.65. The molecule has 1 aliphatic rings. The van der Waals surface area contributed by atoms with E-state index in [1.54, 1.807) is 12.3 Å². The van der Waals surface area contributed by atoms with Gasteiger partial charge in [0.2, 0.25) is 0 Å². The monoisotopic (exact) mass is 344 g/mol. The van der Waals surface area contributed by atoms with E-state index in [1.165, 1.54) is 0 Å². The third-order valence-corrected chi connectivity index (χ3v) is 4.10. The molecule has 134 valence electrons. The van der Waals surface area contributed by atoms with E-state index >= 15 is 0 Å². The van der Waals surface area contributed by atoms with Crippen molar-refractivity contribution in [2.75, 3.05) is 42.9 Å². The molecule has 25 heavy (non-hydrogen) atoms. The second-order valence-electron chi connectivity index (χ2n) is 5.67. The van der Waals surface area contributed by atoms with Crippen molar-refractivity contribution in [2.24, 2.45) is 11.5 Å². The van der Waals surface area contributed by atoms with Crippen LogP contribution in [0.25, 0.3) is 0 Å². The molecule has 2 rings (SSSR count). The maximum atomic E-state index is 11.4. The number of amidine groups is 1. The number of hydrogen-bond donors (Lipinski definition) is 5. The first kappa shape index (κ1) is 18.4. The normalized spacial score (nSPS) is 16.1. The van der Waals surface area contributed by atoms with E-state index in [1.807, 2.05) is 6.07 Å². The standard InChI is InChI=1S/C16H24N8O/c1-2-23-5-7-24(8-6-23)13-4-3-11(10-21-13)22-15(19)14(16(20)25)12(18)9-17/h3-4,9-10,17H,2,5-8,18H2,1H3,(H2,19,22)(H2,20,25)/b14-12+,17-9?. The Balaban J connectivity index is 2.04. The average Bonchev–Trinajstić information content (AvgIpc) is 2.62. The van der Waals surface area contributed by atoms with Crippen molar-refractivity contribution in [3.8, 4) is 0 Å². The number of amides is 1. The zero-order valence-corrected chi connectivity index (χ0v) is 14.2. The molecule has 1 aromatic heterocycles. The largest absolute Gasteiger partial charge is 0.397 e. The van der Waals surface area contributed by atoms with Crippen LogP contribution in [0.1, 0.15) is 6.92 Å². The summed E-state index contributed by atoms with van der Waals surface area (Å²) in [5.41, 5.74) is 10.9. The molecule has 0 spiro atoms. The number of carbonyl (C=O) groups excluding carboxylic acids is 1. The van der Waals surface area contributed by atoms with E-state index in [0.717, 1.165) is 44.8 Å². The SMILES string of the molecule is CCN1CCN(c2ccc(NC(=N)/C(C(N)=O)=C(\N)C=N)cn2)CC1. The molecule has 1 fully saturated rings. The van der Waals surface area contributed by atoms with Crippen molar-refractivity contribution in [1.29, 1.82) is 10.8 Å². The van der Waals surface area contributed by atoms with Crippen LogP contribution in [0.5, 0.6) is 0 Å². The van der Waals surface area contributed by atoms with Crippen LogP contribution in [0.2, 0.25) is 0 Å². The molecule has 1 amide bonds. The van der Waals surface area contributed by atoms with Gasteiger partial charge in [0, 0.05) is 32.4 Å². The molecular weight excluding hydrogens is 320 g/mol. The first-order chi connectivity index (χ1) is 12.0. The Morgan fingerprint density at radius 2 is 2.00 bits per heavy atom. The topological polar surface area (TPSA) is 148 Å². The molecule has 0 aliphatic carbocycles. The van der Waals surface area contributed by atoms with Gasteiger partial charge in [-0.15, -0.1) is 0 Å². The van der Waals surface area contributed by atoms with Gasteiger partial charge in [-0.3, -0.25) is 10.2 Å². The lowest BCUT2D eigenvalue weighted by Gasteiger charge is -2.34. The van der Waals surface area contributed by atoms with Gasteiger partial charge in [0.15, 0.2) is 0 Å². The Morgan fingerprint density at radius 3 is 2.48 bits per heavy atom. The average molecular weight is 344 g/mol. The van der Waals surface area contributed by atoms with E-state index < -0.39 is 5.91 Å². The van der Waals surface area contributed by atoms with Crippen LogP contribution in [-0.2, 0) is 4.79 Å². The number of anilines is 2. The van der Waals surface area contributed by atoms with Crippen LogP contribution in [-0.4, -0.2) is 60.6 Å². The van der Waals surface area contributed by atoms with Crippen LogP contribution in [0.15, 0.2) is 29.6 Å². The van der Waals surface area contributed by atoms with Crippen molar-refractivity contribution in [1.82, 2.24) is 9.88 Å². The number of pyridine rings is 1. The van der Waals surface area contributed by atoms with Gasteiger partial charge in [0.25, 0.3) is 5.91 Å². The number of likely N-dealkylation sites (N-methyl/N-ethyl adjacent to an activating group) is 1. The minimum atomic E-state index is -0.864. The van der Waals surface area contributed by atoms with Crippen molar-refractivity contribution >= 4 is 29.5 Å². The predicted molar refractivity (Wildman–Crippen MR) is 99.1 cm³/mol. The second-order valence-corrected chi connectivity index (χ2v) is 5.67. The Kier molecular flexibility index (Phi) is 6.07. The minimum absolute atomic E-state index is 0.164. The van der Waals surface area contributed by atoms with Gasteiger partial charge in [-0.1, -0.05) is 6.92 Å². The molecule has 1 saturated heterocycles. The third-order valence-electron chi connectivity index (χ3n) is 4.10. The minimum Gasteiger partial charge on any atom is -0.397 e. The van der Waals surface area contributed by atoms with Crippen LogP contribution < -0.4 is 21.7 Å². The summed E-state index contributed by atoms with van der Waals surface area (Å²) in [6.45, 7) is 7.09. The highest BCUT2D eigenvalue weighted by molar-refractivity contribution is 6.25. The van der Waals surface area contributed by atoms with Crippen LogP contribution in [0.4, 0.5) is 11.5 Å². The summed E-state index contributed by atoms with van der Waals surface area (Å²) in [5.74, 6) is -0.256. The van der Waals surface area contributed by atoms with Gasteiger partial charge >= 0.3 is 0 Å². The molecule has 0 aromatic carbocycles. The molecule has 9 nitrogen and oxygen atoms in total. The highest BCUT2D eigenvalue weighted by Crippen LogP contribution is 2.17. The first-order valence-electron chi connectivity index (χ1n) is 8.05. The lowest BCUT2D eigenvalue weighted by molar-refractivity contribution is -0.114. The Labute approximate surface area is 146 Å². The maximum absolute atomic E-state index is 11.4. The van der Waals surface area contributed by atoms with E-state index in [4.69, 9.17) is 22.3 Å². The summed E-state index contributed by atoms with van der Waals surface area (Å²) in [7, 11) is 0. The summed E-state index contributed by atoms with van der Waals surface area (Å²) in [4.78, 5) is 20.4. The number of allylic oxidation sites excluding steroid dienone is 1. The number of hydrogen-bond acceptors (Lipinski definition) is 7. The number of piperazine rings is 1. The van der Waals surface area contributed by atoms with Crippen molar-refractivity contribution in [2.45, 2.75) is 6.92 Å². The number of carbonyl (C=O) groups is 1. The van der Waals surface area contributed by atoms with Gasteiger partial charge in [0.1, 0.15) is 17.2 Å². The quantitative estimate of drug-likeness (QED) is 0.278. The molecule has 0 bridgehead atoms. The second kappa shape index (κ2) is 8.25. The Hall–Kier alpha value is -2.94. The number of nitrogens with one attached hydrogen (secondary N) is 3. The molecule has 1 aliphatic heterocycles. The number of nitrogens with two attached hydrogens (primary N) is 2. The van der Waals surface area contributed by atoms with E-state index in [0.29, 0.717) is 5.69 Å². The van der Waals surface area contributed by atoms with E-state index in [-0.39, 0.29) is 17.1 Å². The number of aromatic nitrogens is 1. The molecular formula is C16H24N8O. The molecule has 0 radical (unpaired) electrons. The van der Waals surface area contributed by atoms with Gasteiger partial charge in [-0.2, -0.15) is 0 Å². The van der Waals surface area contributed by atoms with E-state index in [9.17, 15) is 4.79 Å². The summed E-state index contributed by atoms with van der Waals surface area (Å²) in [6.07, 6.45) is 2.38. The molecule has 2 heterocycles. The molecule has 1 aromatic rings. The fourth-order valence-corrected chi connectivity index (χ4v) is 2.63. The van der Waals surface area contributed by atoms with Gasteiger partial charge in [-0.05, 0) is 18.7 Å². The number of nitrogens with zero attached hydrogens (tertiary/aromatic N) is 3. The fraction of sp³-hybridized carbons (Fsp3) is 0.375. The van der Waals surface area contributed by atoms with Crippen LogP contribution in [0.3, 0.4) is 0 Å². The first-order valence-corrected chi connectivity index (χ1v) is 8.05. The van der Waals surface area contributed by atoms with Gasteiger partial charge in [-0.25, -0.2) is 4.98 Å². The Bertz CT molecular complexity index is 674. The maximum Gasteiger partial charge on any atom is 0.254 e. The van der Waals surface area contributed by atoms with Crippen LogP contribution in [0, 0.1) is 10.8 Å². The third kappa shape index (κ3) is 4.54. The van der Waals surface area contributed by atoms with Crippen molar-refractivity contribution < 1.29 is 4.79 Å². The molecule has 7 N–H and O–H groups in total. The van der Waals surface area contributed by atoms with Gasteiger partial charge < -0.3 is 32.0 Å². The predicted octanol–water partition coefficient (Wildman–Crippen LogP) is -0.0397. The van der Waals surface area contributed by atoms with Crippen LogP contribution >= 0.6 is 0 Å². The summed E-state index contributed by atoms with van der Waals surface area (Å²) >= 11 is 0. The van der Waals surface area contributed by atoms with Crippen molar-refractivity contribution in [3.63, 3.8) is 0 Å². The zero-order chi connectivity index (χ0) is 18.4. The van der Waals surface area contributed by atoms with Crippen molar-refractivity contribution in [3.05, 3.63) is 29.6 Å². The molecule has 0 atom stereocenters. The lowest BCUT2D eigenvalue weighted by atomic mass is 10.1. The lowest BCUT2D eigenvalue weighted by Crippen LogP contribution is -2.46. The number of rotatable bonds is 6. The van der Waals surface area contributed by atoms with E-state index in [2.05, 4.69) is 27.0 Å². The summed E-state index contributed by atoms with van der Waals surface area (Å²) < 4.78 is 0. The molecule has 0 saturated carbocycles. The molecule has 9 heteroatoms. The van der Waals surface area contributed by atoms with Gasteiger partial charge in [0.05, 0.1) is 17.6 Å². The summed E-state index contributed by atoms with van der Waals surface area (Å²) in [5, 5.41) is 17.8. The number of primary amides is 1. The smallest absolute Gasteiger partial charge is 0.254 e. The highest BCUT2D eigenvalue weighted by Gasteiger charge is 2.18. The Morgan fingerprint density at radius 1 is 1.32 bits per heavy atom. The molecule has 0 unspecified atom stereocenters.